The van der Waals surface area contributed by atoms with E-state index >= 15 is 0 Å². The first-order valence-electron chi connectivity index (χ1n) is 17.6. The average molecular weight is 914 g/mol. The molecule has 0 aliphatic rings. The summed E-state index contributed by atoms with van der Waals surface area (Å²) in [7, 11) is -30.8. The minimum atomic E-state index is -3.82. The zero-order chi connectivity index (χ0) is 40.4. The van der Waals surface area contributed by atoms with Crippen molar-refractivity contribution in [2.45, 2.75) is 155 Å². The molecule has 0 aromatic rings. The highest BCUT2D eigenvalue weighted by atomic mass is 28.6. The van der Waals surface area contributed by atoms with Crippen LogP contribution >= 0.6 is 0 Å². The number of hydrogen-bond donors (Lipinski definition) is 1. The SMILES string of the molecule is C=C(C(=O)O)C([SiH2]O[Si](O[Si](C)(C)C)(O[Si](C)(C)C)O[Si](C)(C)C)([SiH2]O[Si](O[Si](C)(C)C)(O[Si](C)(C)C)O[Si](C)(C)C)[Si](C)(C)O[Si](C)(C)C. The molecule has 0 spiro atoms. The maximum atomic E-state index is 13.3. The van der Waals surface area contributed by atoms with Crippen LogP contribution in [0.15, 0.2) is 12.2 Å². The Bertz CT molecular complexity index is 999. The van der Waals surface area contributed by atoms with Crippen molar-refractivity contribution in [3.8, 4) is 0 Å². The van der Waals surface area contributed by atoms with E-state index in [-0.39, 0.29) is 5.57 Å². The second kappa shape index (κ2) is 17.3. The number of aliphatic carboxylic acids is 1. The van der Waals surface area contributed by atoms with Gasteiger partial charge in [-0.3, -0.25) is 0 Å². The van der Waals surface area contributed by atoms with Crippen molar-refractivity contribution in [3.63, 3.8) is 0 Å². The molecule has 11 nitrogen and oxygen atoms in total. The van der Waals surface area contributed by atoms with E-state index in [1.807, 2.05) is 0 Å². The zero-order valence-electron chi connectivity index (χ0n) is 36.2. The molecule has 0 unspecified atom stereocenters. The van der Waals surface area contributed by atoms with Crippen LogP contribution in [-0.4, -0.2) is 115 Å². The van der Waals surface area contributed by atoms with Crippen molar-refractivity contribution < 1.29 is 46.9 Å². The van der Waals surface area contributed by atoms with Crippen LogP contribution in [0.4, 0.5) is 0 Å². The maximum absolute atomic E-state index is 13.3. The predicted molar refractivity (Wildman–Crippen MR) is 239 cm³/mol. The molecule has 0 saturated heterocycles. The fourth-order valence-corrected chi connectivity index (χ4v) is 50.1. The molecule has 1 N–H and O–H groups in total. The molecule has 50 heavy (non-hydrogen) atoms. The van der Waals surface area contributed by atoms with E-state index in [1.54, 1.807) is 0 Å². The molecule has 0 saturated carbocycles. The third-order valence-corrected chi connectivity index (χ3v) is 46.9. The lowest BCUT2D eigenvalue weighted by molar-refractivity contribution is -0.132. The summed E-state index contributed by atoms with van der Waals surface area (Å²) < 4.78 is 61.9. The largest absolute Gasteiger partial charge is 0.636 e. The molecule has 23 heteroatoms. The Morgan fingerprint density at radius 2 is 0.640 bits per heavy atom. The van der Waals surface area contributed by atoms with E-state index in [9.17, 15) is 9.90 Å². The fourth-order valence-electron chi connectivity index (χ4n) is 4.97. The van der Waals surface area contributed by atoms with Gasteiger partial charge in [-0.2, -0.15) is 0 Å². The van der Waals surface area contributed by atoms with Crippen molar-refractivity contribution in [3.05, 3.63) is 12.2 Å². The van der Waals surface area contributed by atoms with Gasteiger partial charge in [0.2, 0.25) is 0 Å². The van der Waals surface area contributed by atoms with Gasteiger partial charge in [-0.05, 0) is 151 Å². The molecule has 298 valence electrons. The third-order valence-electron chi connectivity index (χ3n) is 6.13. The Balaban J connectivity index is 8.04. The quantitative estimate of drug-likeness (QED) is 0.0810. The van der Waals surface area contributed by atoms with Gasteiger partial charge in [0.15, 0.2) is 86.1 Å². The lowest BCUT2D eigenvalue weighted by atomic mass is 10.3. The van der Waals surface area contributed by atoms with Crippen molar-refractivity contribution in [2.24, 2.45) is 0 Å². The van der Waals surface area contributed by atoms with E-state index in [0.29, 0.717) is 0 Å². The van der Waals surface area contributed by atoms with Gasteiger partial charge in [0.25, 0.3) is 0 Å². The molecule has 0 atom stereocenters. The molecule has 0 heterocycles. The summed E-state index contributed by atoms with van der Waals surface area (Å²) in [6.07, 6.45) is 0. The molecule has 0 aromatic heterocycles. The van der Waals surface area contributed by atoms with Crippen LogP contribution in [0.3, 0.4) is 0 Å². The predicted octanol–water partition coefficient (Wildman–Crippen LogP) is 7.52. The van der Waals surface area contributed by atoms with Gasteiger partial charge in [0, 0.05) is 9.86 Å². The molecular weight excluding hydrogens is 837 g/mol. The van der Waals surface area contributed by atoms with E-state index < -0.39 is 114 Å². The Hall–Kier alpha value is 1.45. The van der Waals surface area contributed by atoms with Crippen LogP contribution in [0.1, 0.15) is 0 Å². The third kappa shape index (κ3) is 19.9. The van der Waals surface area contributed by atoms with Crippen molar-refractivity contribution >= 4 is 110 Å². The summed E-state index contributed by atoms with van der Waals surface area (Å²) in [5.74, 6) is -1.09. The number of carbonyl (C=O) groups is 1. The van der Waals surface area contributed by atoms with Crippen LogP contribution in [0.25, 0.3) is 0 Å². The minimum absolute atomic E-state index is 0.0552. The molecule has 0 radical (unpaired) electrons. The lowest BCUT2D eigenvalue weighted by Gasteiger charge is -2.50. The topological polar surface area (TPSA) is 120 Å². The molecule has 0 amide bonds. The maximum Gasteiger partial charge on any atom is 0.636 e. The highest BCUT2D eigenvalue weighted by Gasteiger charge is 2.63. The number of rotatable bonds is 23. The van der Waals surface area contributed by atoms with E-state index in [4.69, 9.17) is 37.0 Å². The molecule has 0 rings (SSSR count). The summed E-state index contributed by atoms with van der Waals surface area (Å²) in [4.78, 5) is 13.3. The van der Waals surface area contributed by atoms with E-state index in [0.717, 1.165) is 0 Å². The summed E-state index contributed by atoms with van der Waals surface area (Å²) in [6.45, 7) is 52.7. The fraction of sp³-hybridized carbons (Fsp3) is 0.889. The van der Waals surface area contributed by atoms with Gasteiger partial charge >= 0.3 is 24.1 Å². The molecule has 0 aliphatic carbocycles. The molecule has 0 fully saturated rings. The second-order valence-corrected chi connectivity index (χ2v) is 69.4. The van der Waals surface area contributed by atoms with E-state index in [1.165, 1.54) is 0 Å². The van der Waals surface area contributed by atoms with Gasteiger partial charge in [-0.25, -0.2) is 4.79 Å². The first-order chi connectivity index (χ1) is 21.5. The number of carboxylic acid groups (broad SMARTS) is 1. The second-order valence-electron chi connectivity index (χ2n) is 20.5. The van der Waals surface area contributed by atoms with Gasteiger partial charge in [-0.15, -0.1) is 0 Å². The monoisotopic (exact) mass is 912 g/mol. The summed E-state index contributed by atoms with van der Waals surface area (Å²) in [6, 6.07) is 0. The van der Waals surface area contributed by atoms with E-state index in [2.05, 4.69) is 157 Å². The molecule has 0 aromatic carbocycles. The summed E-state index contributed by atoms with van der Waals surface area (Å²) in [5.41, 5.74) is 0.0552. The Morgan fingerprint density at radius 3 is 0.800 bits per heavy atom. The van der Waals surface area contributed by atoms with Crippen LogP contribution in [0, 0.1) is 0 Å². The Morgan fingerprint density at radius 1 is 0.440 bits per heavy atom. The standard InChI is InChI=1S/C27H76O11Si12/c1-25(26(28)29)27(48(23,24)32-41(2,3)4,39-30-49(33-42(5,6)7,34-43(8,9)10)35-44(11,12)13)40-31-50(36-45(14,15)16,37-46(17,18)19)38-47(20,21)22/h1,39-40H2,2-24H3,(H,28,29). The van der Waals surface area contributed by atoms with Crippen molar-refractivity contribution in [1.82, 2.24) is 0 Å². The van der Waals surface area contributed by atoms with Crippen LogP contribution in [0.2, 0.25) is 155 Å². The summed E-state index contributed by atoms with van der Waals surface area (Å²) >= 11 is 0. The highest BCUT2D eigenvalue weighted by molar-refractivity contribution is 7.01. The smallest absolute Gasteiger partial charge is 0.478 e. The van der Waals surface area contributed by atoms with Gasteiger partial charge in [0.05, 0.1) is 0 Å². The van der Waals surface area contributed by atoms with Gasteiger partial charge in [-0.1, -0.05) is 6.58 Å². The number of hydrogen-bond acceptors (Lipinski definition) is 10. The Labute approximate surface area is 322 Å². The van der Waals surface area contributed by atoms with Crippen molar-refractivity contribution in [2.75, 3.05) is 0 Å². The zero-order valence-corrected chi connectivity index (χ0v) is 49.0. The number of carboxylic acids is 1. The first kappa shape index (κ1) is 51.5. The molecular formula is C27H76O11Si12. The normalized spacial score (nSPS) is 16.9. The molecule has 0 bridgehead atoms. The highest BCUT2D eigenvalue weighted by Crippen LogP contribution is 2.47. The Kier molecular flexibility index (Phi) is 17.8. The first-order valence-corrected chi connectivity index (χ1v) is 50.2. The van der Waals surface area contributed by atoms with Gasteiger partial charge < -0.3 is 42.1 Å². The average Bonchev–Trinajstić information content (AvgIpc) is 2.69. The van der Waals surface area contributed by atoms with Crippen LogP contribution < -0.4 is 0 Å². The lowest BCUT2D eigenvalue weighted by Crippen LogP contribution is -2.68. The molecule has 0 aliphatic heterocycles. The minimum Gasteiger partial charge on any atom is -0.478 e. The van der Waals surface area contributed by atoms with Gasteiger partial charge in [0.1, 0.15) is 0 Å². The van der Waals surface area contributed by atoms with Crippen LogP contribution in [-0.2, 0) is 41.8 Å². The van der Waals surface area contributed by atoms with Crippen LogP contribution in [0.5, 0.6) is 0 Å². The summed E-state index contributed by atoms with van der Waals surface area (Å²) in [5, 5.41) is 10.8. The van der Waals surface area contributed by atoms with Crippen molar-refractivity contribution in [1.29, 1.82) is 0 Å².